The summed E-state index contributed by atoms with van der Waals surface area (Å²) >= 11 is 4.74. The number of halogens is 1. The van der Waals surface area contributed by atoms with Gasteiger partial charge in [0.2, 0.25) is 0 Å². The third kappa shape index (κ3) is 2.87. The van der Waals surface area contributed by atoms with Gasteiger partial charge in [-0.2, -0.15) is 0 Å². The van der Waals surface area contributed by atoms with Crippen LogP contribution >= 0.6 is 27.3 Å². The average Bonchev–Trinajstić information content (AvgIpc) is 2.85. The van der Waals surface area contributed by atoms with Gasteiger partial charge in [-0.3, -0.25) is 9.59 Å². The van der Waals surface area contributed by atoms with Gasteiger partial charge in [-0.25, -0.2) is 0 Å². The zero-order chi connectivity index (χ0) is 12.4. The lowest BCUT2D eigenvalue weighted by Gasteiger charge is -2.15. The number of carboxylic acids is 1. The minimum Gasteiger partial charge on any atom is -0.481 e. The summed E-state index contributed by atoms with van der Waals surface area (Å²) in [4.78, 5) is 25.2. The van der Waals surface area contributed by atoms with E-state index in [-0.39, 0.29) is 18.2 Å². The Morgan fingerprint density at radius 3 is 2.94 bits per heavy atom. The van der Waals surface area contributed by atoms with Gasteiger partial charge in [0.15, 0.2) is 0 Å². The zero-order valence-corrected chi connectivity index (χ0v) is 11.5. The number of carbonyl (C=O) groups excluding carboxylic acids is 1. The van der Waals surface area contributed by atoms with Gasteiger partial charge in [0.1, 0.15) is 4.88 Å². The van der Waals surface area contributed by atoms with E-state index in [0.717, 1.165) is 10.9 Å². The lowest BCUT2D eigenvalue weighted by molar-refractivity contribution is -0.138. The molecule has 1 atom stereocenters. The van der Waals surface area contributed by atoms with E-state index in [2.05, 4.69) is 15.9 Å². The second-order valence-corrected chi connectivity index (χ2v) is 5.87. The highest BCUT2D eigenvalue weighted by molar-refractivity contribution is 9.10. The van der Waals surface area contributed by atoms with Gasteiger partial charge in [-0.05, 0) is 39.7 Å². The molecule has 1 N–H and O–H groups in total. The molecule has 17 heavy (non-hydrogen) atoms. The summed E-state index contributed by atoms with van der Waals surface area (Å²) in [5.74, 6) is -0.698. The quantitative estimate of drug-likeness (QED) is 0.931. The standard InChI is InChI=1S/C11H12BrNO3S/c12-8-2-4-17-10(8)11(16)13-3-1-7(6-13)5-9(14)15/h2,4,7H,1,3,5-6H2,(H,14,15). The first-order chi connectivity index (χ1) is 8.08. The van der Waals surface area contributed by atoms with Gasteiger partial charge in [0.25, 0.3) is 5.91 Å². The molecule has 1 aliphatic rings. The molecule has 0 saturated carbocycles. The maximum atomic E-state index is 12.1. The van der Waals surface area contributed by atoms with E-state index in [1.165, 1.54) is 11.3 Å². The summed E-state index contributed by atoms with van der Waals surface area (Å²) < 4.78 is 0.814. The van der Waals surface area contributed by atoms with Gasteiger partial charge < -0.3 is 10.0 Å². The number of carboxylic acid groups (broad SMARTS) is 1. The molecule has 6 heteroatoms. The highest BCUT2D eigenvalue weighted by Crippen LogP contribution is 2.27. The summed E-state index contributed by atoms with van der Waals surface area (Å²) in [6, 6.07) is 1.85. The third-order valence-electron chi connectivity index (χ3n) is 2.85. The Bertz CT molecular complexity index is 446. The molecule has 0 spiro atoms. The van der Waals surface area contributed by atoms with Crippen LogP contribution < -0.4 is 0 Å². The summed E-state index contributed by atoms with van der Waals surface area (Å²) in [5.41, 5.74) is 0. The molecule has 2 heterocycles. The summed E-state index contributed by atoms with van der Waals surface area (Å²) in [7, 11) is 0. The van der Waals surface area contributed by atoms with Crippen molar-refractivity contribution in [2.45, 2.75) is 12.8 Å². The summed E-state index contributed by atoms with van der Waals surface area (Å²) in [6.07, 6.45) is 0.927. The number of thiophene rings is 1. The minimum absolute atomic E-state index is 0.000219. The van der Waals surface area contributed by atoms with Crippen molar-refractivity contribution in [3.63, 3.8) is 0 Å². The van der Waals surface area contributed by atoms with Crippen molar-refractivity contribution >= 4 is 39.1 Å². The summed E-state index contributed by atoms with van der Waals surface area (Å²) in [6.45, 7) is 1.20. The molecule has 1 unspecified atom stereocenters. The van der Waals surface area contributed by atoms with Crippen LogP contribution in [0, 0.1) is 5.92 Å². The Hall–Kier alpha value is -0.880. The van der Waals surface area contributed by atoms with E-state index >= 15 is 0 Å². The van der Waals surface area contributed by atoms with Crippen molar-refractivity contribution in [3.05, 3.63) is 20.8 Å². The fraction of sp³-hybridized carbons (Fsp3) is 0.455. The van der Waals surface area contributed by atoms with Crippen LogP contribution in [0.2, 0.25) is 0 Å². The van der Waals surface area contributed by atoms with E-state index in [4.69, 9.17) is 5.11 Å². The van der Waals surface area contributed by atoms with Crippen LogP contribution in [0.5, 0.6) is 0 Å². The minimum atomic E-state index is -0.790. The normalized spacial score (nSPS) is 19.6. The Labute approximate surface area is 111 Å². The molecule has 4 nitrogen and oxygen atoms in total. The molecule has 0 aliphatic carbocycles. The number of nitrogens with zero attached hydrogens (tertiary/aromatic N) is 1. The van der Waals surface area contributed by atoms with Crippen molar-refractivity contribution in [1.82, 2.24) is 4.90 Å². The molecule has 2 rings (SSSR count). The largest absolute Gasteiger partial charge is 0.481 e. The molecule has 92 valence electrons. The number of hydrogen-bond acceptors (Lipinski definition) is 3. The van der Waals surface area contributed by atoms with Crippen LogP contribution in [-0.2, 0) is 4.79 Å². The van der Waals surface area contributed by atoms with Crippen molar-refractivity contribution in [2.75, 3.05) is 13.1 Å². The molecule has 1 amide bonds. The Balaban J connectivity index is 1.99. The third-order valence-corrected chi connectivity index (χ3v) is 4.67. The smallest absolute Gasteiger partial charge is 0.303 e. The Morgan fingerprint density at radius 1 is 1.59 bits per heavy atom. The maximum Gasteiger partial charge on any atom is 0.303 e. The molecular weight excluding hydrogens is 306 g/mol. The molecule has 1 aliphatic heterocycles. The Morgan fingerprint density at radius 2 is 2.35 bits per heavy atom. The molecule has 1 aromatic heterocycles. The van der Waals surface area contributed by atoms with E-state index in [9.17, 15) is 9.59 Å². The van der Waals surface area contributed by atoms with Crippen LogP contribution in [0.25, 0.3) is 0 Å². The van der Waals surface area contributed by atoms with E-state index in [1.54, 1.807) is 4.90 Å². The topological polar surface area (TPSA) is 57.6 Å². The van der Waals surface area contributed by atoms with Crippen LogP contribution in [0.3, 0.4) is 0 Å². The summed E-state index contributed by atoms with van der Waals surface area (Å²) in [5, 5.41) is 10.6. The number of rotatable bonds is 3. The van der Waals surface area contributed by atoms with Gasteiger partial charge in [0.05, 0.1) is 0 Å². The van der Waals surface area contributed by atoms with Crippen LogP contribution in [0.4, 0.5) is 0 Å². The first-order valence-corrected chi connectivity index (χ1v) is 6.99. The fourth-order valence-electron chi connectivity index (χ4n) is 2.02. The highest BCUT2D eigenvalue weighted by Gasteiger charge is 2.29. The second kappa shape index (κ2) is 5.18. The molecule has 0 aromatic carbocycles. The van der Waals surface area contributed by atoms with Gasteiger partial charge in [-0.15, -0.1) is 11.3 Å². The predicted octanol–water partition coefficient (Wildman–Crippen LogP) is 2.45. The van der Waals surface area contributed by atoms with Crippen LogP contribution in [-0.4, -0.2) is 35.0 Å². The van der Waals surface area contributed by atoms with E-state index in [0.29, 0.717) is 18.0 Å². The molecular formula is C11H12BrNO3S. The lowest BCUT2D eigenvalue weighted by Crippen LogP contribution is -2.28. The molecule has 0 radical (unpaired) electrons. The number of aliphatic carboxylic acids is 1. The van der Waals surface area contributed by atoms with Crippen molar-refractivity contribution in [2.24, 2.45) is 5.92 Å². The molecule has 1 fully saturated rings. The molecule has 1 saturated heterocycles. The van der Waals surface area contributed by atoms with Crippen LogP contribution in [0.15, 0.2) is 15.9 Å². The number of likely N-dealkylation sites (tertiary alicyclic amines) is 1. The number of carbonyl (C=O) groups is 2. The highest BCUT2D eigenvalue weighted by atomic mass is 79.9. The number of hydrogen-bond donors (Lipinski definition) is 1. The van der Waals surface area contributed by atoms with Crippen molar-refractivity contribution in [1.29, 1.82) is 0 Å². The fourth-order valence-corrected chi connectivity index (χ4v) is 3.53. The SMILES string of the molecule is O=C(O)CC1CCN(C(=O)c2sccc2Br)C1. The Kier molecular flexibility index (Phi) is 3.83. The van der Waals surface area contributed by atoms with Gasteiger partial charge in [0, 0.05) is 24.0 Å². The predicted molar refractivity (Wildman–Crippen MR) is 68.3 cm³/mol. The monoisotopic (exact) mass is 317 g/mol. The van der Waals surface area contributed by atoms with Crippen LogP contribution in [0.1, 0.15) is 22.5 Å². The van der Waals surface area contributed by atoms with Crippen molar-refractivity contribution in [3.8, 4) is 0 Å². The second-order valence-electron chi connectivity index (χ2n) is 4.10. The first-order valence-electron chi connectivity index (χ1n) is 5.32. The average molecular weight is 318 g/mol. The van der Waals surface area contributed by atoms with Gasteiger partial charge in [-0.1, -0.05) is 0 Å². The zero-order valence-electron chi connectivity index (χ0n) is 9.06. The first kappa shape index (κ1) is 12.6. The van der Waals surface area contributed by atoms with Crippen molar-refractivity contribution < 1.29 is 14.7 Å². The molecule has 0 bridgehead atoms. The molecule has 1 aromatic rings. The van der Waals surface area contributed by atoms with E-state index in [1.807, 2.05) is 11.4 Å². The van der Waals surface area contributed by atoms with Gasteiger partial charge >= 0.3 is 5.97 Å². The maximum absolute atomic E-state index is 12.1. The lowest BCUT2D eigenvalue weighted by atomic mass is 10.1. The number of amides is 1. The van der Waals surface area contributed by atoms with E-state index < -0.39 is 5.97 Å².